The van der Waals surface area contributed by atoms with E-state index in [-0.39, 0.29) is 35.2 Å². The van der Waals surface area contributed by atoms with Crippen LogP contribution >= 0.6 is 11.8 Å². The molecule has 3 aromatic carbocycles. The molecule has 0 amide bonds. The summed E-state index contributed by atoms with van der Waals surface area (Å²) in [5.41, 5.74) is 2.16. The van der Waals surface area contributed by atoms with Crippen LogP contribution in [0, 0.1) is 11.3 Å². The maximum absolute atomic E-state index is 13.4. The SMILES string of the molecule is CCCS(=O)(=O)c1cc(C2CCC(c3cc(OC)c(OC)c(OC)c3)O2)cc(OC)c1OCCSc1cccc(C#N)c1. The van der Waals surface area contributed by atoms with Gasteiger partial charge in [0.25, 0.3) is 0 Å². The van der Waals surface area contributed by atoms with Crippen molar-refractivity contribution in [2.75, 3.05) is 46.6 Å². The Hall–Kier alpha value is -3.59. The number of hydrogen-bond acceptors (Lipinski definition) is 10. The second-order valence-corrected chi connectivity index (χ2v) is 13.1. The first-order chi connectivity index (χ1) is 20.8. The quantitative estimate of drug-likeness (QED) is 0.144. The van der Waals surface area contributed by atoms with Gasteiger partial charge in [0.1, 0.15) is 4.90 Å². The molecule has 11 heteroatoms. The lowest BCUT2D eigenvalue weighted by Gasteiger charge is -2.21. The number of thioether (sulfide) groups is 1. The third-order valence-electron chi connectivity index (χ3n) is 7.08. The summed E-state index contributed by atoms with van der Waals surface area (Å²) in [6.45, 7) is 2.07. The van der Waals surface area contributed by atoms with E-state index in [1.807, 2.05) is 37.3 Å². The molecule has 0 radical (unpaired) electrons. The van der Waals surface area contributed by atoms with E-state index in [4.69, 9.17) is 33.7 Å². The number of nitrogens with zero attached hydrogens (tertiary/aromatic N) is 1. The van der Waals surface area contributed by atoms with Crippen LogP contribution in [0.4, 0.5) is 0 Å². The van der Waals surface area contributed by atoms with Gasteiger partial charge in [-0.15, -0.1) is 11.8 Å². The van der Waals surface area contributed by atoms with Crippen molar-refractivity contribution in [3.63, 3.8) is 0 Å². The monoisotopic (exact) mass is 627 g/mol. The number of rotatable bonds is 14. The predicted octanol–water partition coefficient (Wildman–Crippen LogP) is 6.54. The Morgan fingerprint density at radius 2 is 1.49 bits per heavy atom. The lowest BCUT2D eigenvalue weighted by Crippen LogP contribution is -2.12. The average Bonchev–Trinajstić information content (AvgIpc) is 3.52. The highest BCUT2D eigenvalue weighted by Crippen LogP contribution is 2.48. The molecule has 0 aromatic heterocycles. The van der Waals surface area contributed by atoms with E-state index >= 15 is 0 Å². The summed E-state index contributed by atoms with van der Waals surface area (Å²) in [5.74, 6) is 2.64. The van der Waals surface area contributed by atoms with Crippen LogP contribution < -0.4 is 23.7 Å². The Morgan fingerprint density at radius 1 is 0.884 bits per heavy atom. The lowest BCUT2D eigenvalue weighted by atomic mass is 10.0. The number of nitriles is 1. The molecule has 0 saturated carbocycles. The molecule has 0 spiro atoms. The molecule has 1 aliphatic rings. The van der Waals surface area contributed by atoms with Crippen LogP contribution in [0.1, 0.15) is 55.1 Å². The van der Waals surface area contributed by atoms with Crippen LogP contribution in [0.25, 0.3) is 0 Å². The molecule has 2 atom stereocenters. The highest BCUT2D eigenvalue weighted by molar-refractivity contribution is 7.99. The van der Waals surface area contributed by atoms with Gasteiger partial charge in [-0.1, -0.05) is 13.0 Å². The third-order valence-corrected chi connectivity index (χ3v) is 9.96. The molecular weight excluding hydrogens is 590 g/mol. The molecule has 2 unspecified atom stereocenters. The molecule has 3 aromatic rings. The third kappa shape index (κ3) is 7.50. The Labute approximate surface area is 257 Å². The van der Waals surface area contributed by atoms with Crippen LogP contribution in [0.3, 0.4) is 0 Å². The Bertz CT molecular complexity index is 1540. The van der Waals surface area contributed by atoms with Gasteiger partial charge < -0.3 is 28.4 Å². The molecule has 43 heavy (non-hydrogen) atoms. The van der Waals surface area contributed by atoms with Crippen molar-refractivity contribution < 1.29 is 36.8 Å². The largest absolute Gasteiger partial charge is 0.493 e. The molecule has 0 N–H and O–H groups in total. The number of hydrogen-bond donors (Lipinski definition) is 0. The lowest BCUT2D eigenvalue weighted by molar-refractivity contribution is 0.0435. The fraction of sp³-hybridized carbons (Fsp3) is 0.406. The topological polar surface area (TPSA) is 113 Å². The molecule has 1 saturated heterocycles. The van der Waals surface area contributed by atoms with E-state index in [1.165, 1.54) is 18.9 Å². The van der Waals surface area contributed by atoms with Gasteiger partial charge in [-0.05, 0) is 72.9 Å². The highest BCUT2D eigenvalue weighted by atomic mass is 32.2. The fourth-order valence-electron chi connectivity index (χ4n) is 5.06. The zero-order valence-electron chi connectivity index (χ0n) is 25.0. The second-order valence-electron chi connectivity index (χ2n) is 9.86. The first kappa shape index (κ1) is 32.3. The minimum absolute atomic E-state index is 0.0226. The van der Waals surface area contributed by atoms with E-state index in [0.29, 0.717) is 59.1 Å². The summed E-state index contributed by atoms with van der Waals surface area (Å²) >= 11 is 1.52. The minimum Gasteiger partial charge on any atom is -0.493 e. The van der Waals surface area contributed by atoms with E-state index in [0.717, 1.165) is 10.5 Å². The van der Waals surface area contributed by atoms with Crippen molar-refractivity contribution >= 4 is 21.6 Å². The van der Waals surface area contributed by atoms with Crippen LogP contribution in [0.5, 0.6) is 28.7 Å². The average molecular weight is 628 g/mol. The number of ether oxygens (including phenoxy) is 6. The number of methoxy groups -OCH3 is 4. The van der Waals surface area contributed by atoms with Gasteiger partial charge in [0.15, 0.2) is 32.8 Å². The molecule has 1 aliphatic heterocycles. The summed E-state index contributed by atoms with van der Waals surface area (Å²) in [7, 11) is 2.52. The van der Waals surface area contributed by atoms with Gasteiger partial charge in [-0.2, -0.15) is 5.26 Å². The highest BCUT2D eigenvalue weighted by Gasteiger charge is 2.32. The Morgan fingerprint density at radius 3 is 2.05 bits per heavy atom. The van der Waals surface area contributed by atoms with Gasteiger partial charge >= 0.3 is 0 Å². The van der Waals surface area contributed by atoms with Crippen LogP contribution in [0.15, 0.2) is 58.3 Å². The molecule has 230 valence electrons. The summed E-state index contributed by atoms with van der Waals surface area (Å²) in [6.07, 6.45) is 1.24. The fourth-order valence-corrected chi connectivity index (χ4v) is 7.36. The van der Waals surface area contributed by atoms with Crippen LogP contribution in [-0.4, -0.2) is 55.0 Å². The van der Waals surface area contributed by atoms with Crippen molar-refractivity contribution in [3.05, 3.63) is 65.2 Å². The molecule has 0 bridgehead atoms. The van der Waals surface area contributed by atoms with Gasteiger partial charge in [0.2, 0.25) is 5.75 Å². The standard InChI is InChI=1S/C32H37NO8S2/c1-6-14-43(34,35)30-19-23(18-29(38-4)32(30)40-12-13-42-24-9-7-8-21(15-24)20-33)26-11-10-25(41-26)22-16-27(36-2)31(39-5)28(17-22)37-3/h7-9,15-19,25-26H,6,10-14H2,1-5H3. The molecule has 9 nitrogen and oxygen atoms in total. The van der Waals surface area contributed by atoms with Crippen molar-refractivity contribution in [2.45, 2.75) is 48.2 Å². The maximum atomic E-state index is 13.4. The smallest absolute Gasteiger partial charge is 0.203 e. The zero-order chi connectivity index (χ0) is 31.0. The van der Waals surface area contributed by atoms with Gasteiger partial charge in [0.05, 0.1) is 64.6 Å². The van der Waals surface area contributed by atoms with Gasteiger partial charge in [-0.25, -0.2) is 8.42 Å². The normalized spacial score (nSPS) is 16.4. The van der Waals surface area contributed by atoms with Crippen molar-refractivity contribution in [2.24, 2.45) is 0 Å². The van der Waals surface area contributed by atoms with Crippen LogP contribution in [0.2, 0.25) is 0 Å². The summed E-state index contributed by atoms with van der Waals surface area (Å²) < 4.78 is 61.6. The molecule has 4 rings (SSSR count). The molecular formula is C32H37NO8S2. The van der Waals surface area contributed by atoms with Crippen molar-refractivity contribution in [1.29, 1.82) is 5.26 Å². The minimum atomic E-state index is -3.67. The van der Waals surface area contributed by atoms with E-state index in [1.54, 1.807) is 39.5 Å². The van der Waals surface area contributed by atoms with E-state index in [9.17, 15) is 8.42 Å². The summed E-state index contributed by atoms with van der Waals surface area (Å²) in [6, 6.07) is 16.6. The van der Waals surface area contributed by atoms with Crippen molar-refractivity contribution in [3.8, 4) is 34.8 Å². The number of benzene rings is 3. The predicted molar refractivity (Wildman–Crippen MR) is 165 cm³/mol. The van der Waals surface area contributed by atoms with Gasteiger partial charge in [0, 0.05) is 10.6 Å². The molecule has 1 heterocycles. The number of sulfone groups is 1. The Kier molecular flexibility index (Phi) is 11.1. The Balaban J connectivity index is 1.59. The summed E-state index contributed by atoms with van der Waals surface area (Å²) in [4.78, 5) is 1.03. The van der Waals surface area contributed by atoms with Crippen molar-refractivity contribution in [1.82, 2.24) is 0 Å². The molecule has 0 aliphatic carbocycles. The maximum Gasteiger partial charge on any atom is 0.203 e. The van der Waals surface area contributed by atoms with Crippen LogP contribution in [-0.2, 0) is 14.6 Å². The summed E-state index contributed by atoms with van der Waals surface area (Å²) in [5, 5.41) is 9.15. The van der Waals surface area contributed by atoms with E-state index < -0.39 is 9.84 Å². The second kappa shape index (κ2) is 14.7. The van der Waals surface area contributed by atoms with E-state index in [2.05, 4.69) is 6.07 Å². The molecule has 1 fully saturated rings. The first-order valence-corrected chi connectivity index (χ1v) is 16.6. The zero-order valence-corrected chi connectivity index (χ0v) is 26.7. The van der Waals surface area contributed by atoms with Gasteiger partial charge in [-0.3, -0.25) is 0 Å². The first-order valence-electron chi connectivity index (χ1n) is 13.9.